The molecule has 0 bridgehead atoms. The van der Waals surface area contributed by atoms with E-state index in [1.807, 2.05) is 37.3 Å². The molecular weight excluding hydrogens is 392 g/mol. The molecule has 3 aromatic rings. The van der Waals surface area contributed by atoms with Crippen LogP contribution < -0.4 is 10.6 Å². The zero-order valence-electron chi connectivity index (χ0n) is 17.7. The standard InChI is InChI=1S/C24H26N4O3/c1-15-12-16(9-10-18(15)24(30)31-2)17-6-5-11-28(14-17)21-13-20(26-27-23(21)25)19-7-3-4-8-22(19)29/h3-4,7-10,12-13,17,29H,5-6,11,14H2,1-2H3,(H2,25,27)/t17-/m0/s1. The van der Waals surface area contributed by atoms with Gasteiger partial charge in [0, 0.05) is 24.6 Å². The number of para-hydroxylation sites is 1. The molecular formula is C24H26N4O3. The maximum Gasteiger partial charge on any atom is 0.338 e. The summed E-state index contributed by atoms with van der Waals surface area (Å²) in [6.45, 7) is 3.58. The molecule has 0 amide bonds. The number of phenols is 1. The number of piperidine rings is 1. The molecule has 31 heavy (non-hydrogen) atoms. The molecule has 2 heterocycles. The van der Waals surface area contributed by atoms with Gasteiger partial charge in [-0.15, -0.1) is 10.2 Å². The van der Waals surface area contributed by atoms with Crippen molar-refractivity contribution < 1.29 is 14.6 Å². The van der Waals surface area contributed by atoms with Gasteiger partial charge in [-0.2, -0.15) is 0 Å². The van der Waals surface area contributed by atoms with Gasteiger partial charge < -0.3 is 20.5 Å². The van der Waals surface area contributed by atoms with Crippen LogP contribution in [0.15, 0.2) is 48.5 Å². The second kappa shape index (κ2) is 8.63. The van der Waals surface area contributed by atoms with Crippen molar-refractivity contribution in [2.24, 2.45) is 0 Å². The van der Waals surface area contributed by atoms with Crippen molar-refractivity contribution in [2.45, 2.75) is 25.7 Å². The molecule has 0 spiro atoms. The summed E-state index contributed by atoms with van der Waals surface area (Å²) in [5, 5.41) is 18.5. The number of aromatic nitrogens is 2. The lowest BCUT2D eigenvalue weighted by molar-refractivity contribution is 0.0600. The highest BCUT2D eigenvalue weighted by Gasteiger charge is 2.25. The Bertz CT molecular complexity index is 1120. The van der Waals surface area contributed by atoms with Crippen LogP contribution in [0, 0.1) is 6.92 Å². The number of nitrogens with two attached hydrogens (primary N) is 1. The van der Waals surface area contributed by atoms with Crippen LogP contribution in [-0.4, -0.2) is 41.5 Å². The molecule has 7 heteroatoms. The van der Waals surface area contributed by atoms with E-state index >= 15 is 0 Å². The Morgan fingerprint density at radius 1 is 1.19 bits per heavy atom. The number of benzene rings is 2. The number of methoxy groups -OCH3 is 1. The number of aromatic hydroxyl groups is 1. The van der Waals surface area contributed by atoms with E-state index in [1.54, 1.807) is 12.1 Å². The molecule has 1 atom stereocenters. The number of hydrogen-bond acceptors (Lipinski definition) is 7. The largest absolute Gasteiger partial charge is 0.507 e. The fourth-order valence-electron chi connectivity index (χ4n) is 4.21. The lowest BCUT2D eigenvalue weighted by Crippen LogP contribution is -2.35. The van der Waals surface area contributed by atoms with E-state index in [-0.39, 0.29) is 11.7 Å². The Hall–Kier alpha value is -3.61. The number of nitrogen functional groups attached to an aromatic ring is 1. The number of hydrogen-bond donors (Lipinski definition) is 2. The average molecular weight is 418 g/mol. The topological polar surface area (TPSA) is 102 Å². The molecule has 0 radical (unpaired) electrons. The SMILES string of the molecule is COC(=O)c1ccc([C@H]2CCCN(c3cc(-c4ccccc4O)nnc3N)C2)cc1C. The molecule has 7 nitrogen and oxygen atoms in total. The van der Waals surface area contributed by atoms with Gasteiger partial charge in [0.1, 0.15) is 5.75 Å². The van der Waals surface area contributed by atoms with Gasteiger partial charge in [0.05, 0.1) is 24.1 Å². The fraction of sp³-hybridized carbons (Fsp3) is 0.292. The first kappa shape index (κ1) is 20.7. The van der Waals surface area contributed by atoms with Crippen LogP contribution in [0.4, 0.5) is 11.5 Å². The molecule has 0 saturated carbocycles. The van der Waals surface area contributed by atoms with Gasteiger partial charge in [-0.05, 0) is 55.2 Å². The number of nitrogens with zero attached hydrogens (tertiary/aromatic N) is 3. The Balaban J connectivity index is 1.61. The summed E-state index contributed by atoms with van der Waals surface area (Å²) in [5.41, 5.74) is 10.9. The van der Waals surface area contributed by atoms with Gasteiger partial charge in [0.25, 0.3) is 0 Å². The normalized spacial score (nSPS) is 16.2. The van der Waals surface area contributed by atoms with Crippen LogP contribution in [0.2, 0.25) is 0 Å². The number of carbonyl (C=O) groups excluding carboxylic acids is 1. The Morgan fingerprint density at radius 2 is 2.00 bits per heavy atom. The average Bonchev–Trinajstić information content (AvgIpc) is 2.79. The third kappa shape index (κ3) is 4.17. The molecule has 3 N–H and O–H groups in total. The number of esters is 1. The third-order valence-electron chi connectivity index (χ3n) is 5.87. The molecule has 4 rings (SSSR count). The highest BCUT2D eigenvalue weighted by atomic mass is 16.5. The first-order chi connectivity index (χ1) is 15.0. The number of ether oxygens (including phenoxy) is 1. The van der Waals surface area contributed by atoms with E-state index in [0.29, 0.717) is 28.6 Å². The molecule has 0 unspecified atom stereocenters. The Kier molecular flexibility index (Phi) is 5.75. The summed E-state index contributed by atoms with van der Waals surface area (Å²) in [6, 6.07) is 14.9. The second-order valence-electron chi connectivity index (χ2n) is 7.87. The fourth-order valence-corrected chi connectivity index (χ4v) is 4.21. The van der Waals surface area contributed by atoms with Crippen molar-refractivity contribution in [2.75, 3.05) is 30.8 Å². The van der Waals surface area contributed by atoms with Crippen LogP contribution in [-0.2, 0) is 4.74 Å². The minimum atomic E-state index is -0.318. The van der Waals surface area contributed by atoms with Crippen LogP contribution in [0.3, 0.4) is 0 Å². The molecule has 2 aromatic carbocycles. The van der Waals surface area contributed by atoms with E-state index in [0.717, 1.165) is 37.2 Å². The lowest BCUT2D eigenvalue weighted by atomic mass is 9.88. The van der Waals surface area contributed by atoms with E-state index in [4.69, 9.17) is 10.5 Å². The van der Waals surface area contributed by atoms with Crippen molar-refractivity contribution in [3.63, 3.8) is 0 Å². The van der Waals surface area contributed by atoms with E-state index < -0.39 is 0 Å². The van der Waals surface area contributed by atoms with Gasteiger partial charge in [-0.25, -0.2) is 4.79 Å². The number of rotatable bonds is 4. The number of anilines is 2. The molecule has 1 aromatic heterocycles. The van der Waals surface area contributed by atoms with Gasteiger partial charge in [-0.3, -0.25) is 0 Å². The summed E-state index contributed by atoms with van der Waals surface area (Å²) in [7, 11) is 1.39. The molecule has 1 aliphatic rings. The van der Waals surface area contributed by atoms with E-state index in [9.17, 15) is 9.90 Å². The number of carbonyl (C=O) groups is 1. The zero-order chi connectivity index (χ0) is 22.0. The third-order valence-corrected chi connectivity index (χ3v) is 5.87. The van der Waals surface area contributed by atoms with Gasteiger partial charge >= 0.3 is 5.97 Å². The van der Waals surface area contributed by atoms with Crippen LogP contribution in [0.25, 0.3) is 11.3 Å². The van der Waals surface area contributed by atoms with E-state index in [1.165, 1.54) is 12.7 Å². The Labute approximate surface area is 181 Å². The number of phenolic OH excluding ortho intramolecular Hbond substituents is 1. The van der Waals surface area contributed by atoms with Crippen LogP contribution in [0.1, 0.15) is 40.2 Å². The summed E-state index contributed by atoms with van der Waals surface area (Å²) in [4.78, 5) is 14.1. The van der Waals surface area contributed by atoms with Crippen molar-refractivity contribution >= 4 is 17.5 Å². The molecule has 1 fully saturated rings. The van der Waals surface area contributed by atoms with E-state index in [2.05, 4.69) is 21.2 Å². The summed E-state index contributed by atoms with van der Waals surface area (Å²) in [6.07, 6.45) is 2.06. The van der Waals surface area contributed by atoms with Gasteiger partial charge in [0.2, 0.25) is 0 Å². The van der Waals surface area contributed by atoms with Crippen molar-refractivity contribution in [3.8, 4) is 17.0 Å². The molecule has 160 valence electrons. The maximum atomic E-state index is 11.9. The highest BCUT2D eigenvalue weighted by Crippen LogP contribution is 2.35. The Morgan fingerprint density at radius 3 is 2.74 bits per heavy atom. The first-order valence-corrected chi connectivity index (χ1v) is 10.3. The zero-order valence-corrected chi connectivity index (χ0v) is 17.7. The summed E-state index contributed by atoms with van der Waals surface area (Å²) >= 11 is 0. The lowest BCUT2D eigenvalue weighted by Gasteiger charge is -2.35. The first-order valence-electron chi connectivity index (χ1n) is 10.3. The molecule has 1 aliphatic heterocycles. The minimum absolute atomic E-state index is 0.158. The van der Waals surface area contributed by atoms with Crippen molar-refractivity contribution in [1.29, 1.82) is 0 Å². The van der Waals surface area contributed by atoms with Gasteiger partial charge in [0.15, 0.2) is 5.82 Å². The van der Waals surface area contributed by atoms with Gasteiger partial charge in [-0.1, -0.05) is 24.3 Å². The quantitative estimate of drug-likeness (QED) is 0.619. The molecule has 0 aliphatic carbocycles. The van der Waals surface area contributed by atoms with Crippen LogP contribution >= 0.6 is 0 Å². The maximum absolute atomic E-state index is 11.9. The van der Waals surface area contributed by atoms with Crippen molar-refractivity contribution in [3.05, 3.63) is 65.2 Å². The summed E-state index contributed by atoms with van der Waals surface area (Å²) in [5.74, 6) is 0.518. The summed E-state index contributed by atoms with van der Waals surface area (Å²) < 4.78 is 4.85. The predicted molar refractivity (Wildman–Crippen MR) is 120 cm³/mol. The number of aryl methyl sites for hydroxylation is 1. The minimum Gasteiger partial charge on any atom is -0.507 e. The molecule has 1 saturated heterocycles. The smallest absolute Gasteiger partial charge is 0.338 e. The van der Waals surface area contributed by atoms with Crippen LogP contribution in [0.5, 0.6) is 5.75 Å². The highest BCUT2D eigenvalue weighted by molar-refractivity contribution is 5.91. The predicted octanol–water partition coefficient (Wildman–Crippen LogP) is 3.91. The monoisotopic (exact) mass is 418 g/mol. The second-order valence-corrected chi connectivity index (χ2v) is 7.87. The van der Waals surface area contributed by atoms with Crippen molar-refractivity contribution in [1.82, 2.24) is 10.2 Å².